The van der Waals surface area contributed by atoms with Crippen molar-refractivity contribution in [2.45, 2.75) is 45.1 Å². The third-order valence-electron chi connectivity index (χ3n) is 6.02. The first-order valence-corrected chi connectivity index (χ1v) is 14.7. The summed E-state index contributed by atoms with van der Waals surface area (Å²) in [5.41, 5.74) is 2.81. The average molecular weight is 565 g/mol. The van der Waals surface area contributed by atoms with Crippen LogP contribution in [-0.4, -0.2) is 44.2 Å². The van der Waals surface area contributed by atoms with Crippen LogP contribution in [0, 0.1) is 11.3 Å². The van der Waals surface area contributed by atoms with Gasteiger partial charge in [0.1, 0.15) is 0 Å². The Morgan fingerprint density at radius 1 is 1.02 bits per heavy atom. The molecule has 0 spiro atoms. The summed E-state index contributed by atoms with van der Waals surface area (Å²) in [7, 11) is -3.92. The first-order valence-electron chi connectivity index (χ1n) is 13.1. The maximum Gasteiger partial charge on any atom is 0.313 e. The molecule has 3 aromatic rings. The minimum Gasteiger partial charge on any atom is -0.478 e. The van der Waals surface area contributed by atoms with Crippen molar-refractivity contribution >= 4 is 33.4 Å². The third-order valence-corrected chi connectivity index (χ3v) is 6.99. The molecular weight excluding hydrogens is 528 g/mol. The summed E-state index contributed by atoms with van der Waals surface area (Å²) < 4.78 is 29.4. The van der Waals surface area contributed by atoms with Gasteiger partial charge in [-0.15, -0.1) is 0 Å². The molecule has 0 aliphatic carbocycles. The van der Waals surface area contributed by atoms with Crippen molar-refractivity contribution in [3.8, 4) is 11.1 Å². The fraction of sp³-hybridized carbons (Fsp3) is 0.300. The first-order chi connectivity index (χ1) is 19.0. The van der Waals surface area contributed by atoms with Gasteiger partial charge in [-0.3, -0.25) is 15.0 Å². The van der Waals surface area contributed by atoms with Crippen LogP contribution in [0.1, 0.15) is 44.7 Å². The van der Waals surface area contributed by atoms with E-state index >= 15 is 0 Å². The quantitative estimate of drug-likeness (QED) is 0.133. The van der Waals surface area contributed by atoms with Crippen molar-refractivity contribution < 1.29 is 22.7 Å². The molecule has 10 heteroatoms. The number of nitrogens with one attached hydrogen (secondary N) is 2. The number of amides is 2. The molecule has 0 heterocycles. The molecule has 0 unspecified atom stereocenters. The van der Waals surface area contributed by atoms with E-state index in [-0.39, 0.29) is 23.3 Å². The molecule has 0 aliphatic heterocycles. The van der Waals surface area contributed by atoms with Crippen molar-refractivity contribution in [2.24, 2.45) is 11.1 Å². The Labute approximate surface area is 235 Å². The predicted octanol–water partition coefficient (Wildman–Crippen LogP) is 4.77. The van der Waals surface area contributed by atoms with Crippen LogP contribution in [0.5, 0.6) is 0 Å². The lowest BCUT2D eigenvalue weighted by atomic mass is 10.1. The largest absolute Gasteiger partial charge is 0.478 e. The Bertz CT molecular complexity index is 1450. The van der Waals surface area contributed by atoms with Crippen molar-refractivity contribution in [3.05, 3.63) is 83.9 Å². The monoisotopic (exact) mass is 564 g/mol. The third kappa shape index (κ3) is 8.49. The molecule has 2 amide bonds. The maximum absolute atomic E-state index is 13.2. The Kier molecular flexibility index (Phi) is 10.6. The lowest BCUT2D eigenvalue weighted by Gasteiger charge is -2.24. The number of carbonyl (C=O) groups is 2. The first kappa shape index (κ1) is 30.5. The van der Waals surface area contributed by atoms with Crippen LogP contribution in [0.25, 0.3) is 11.1 Å². The molecule has 0 saturated carbocycles. The molecule has 9 nitrogen and oxygen atoms in total. The summed E-state index contributed by atoms with van der Waals surface area (Å²) in [4.78, 5) is 27.6. The molecule has 0 saturated heterocycles. The lowest BCUT2D eigenvalue weighted by Crippen LogP contribution is -2.41. The number of primary sulfonamides is 1. The van der Waals surface area contributed by atoms with Gasteiger partial charge in [0.25, 0.3) is 0 Å². The highest BCUT2D eigenvalue weighted by atomic mass is 32.2. The van der Waals surface area contributed by atoms with Crippen LogP contribution >= 0.6 is 0 Å². The Morgan fingerprint density at radius 3 is 2.38 bits per heavy atom. The van der Waals surface area contributed by atoms with Gasteiger partial charge in [-0.2, -0.15) is 0 Å². The summed E-state index contributed by atoms with van der Waals surface area (Å²) in [5.74, 6) is -1.28. The standard InChI is InChI=1S/C30H36N4O5S/c1-4-5-17-39-28(31)24-10-8-9-22(18-24)20-34(19-21(2)3)30(36)29(35)33-25-15-13-23(14-16-25)26-11-6-7-12-27(26)40(32,37)38/h6-16,18,21,31H,4-5,17,19-20H2,1-3H3,(H,33,35)(H2,32,37,38). The zero-order valence-electron chi connectivity index (χ0n) is 23.0. The number of hydrogen-bond acceptors (Lipinski definition) is 6. The van der Waals surface area contributed by atoms with E-state index in [1.165, 1.54) is 11.0 Å². The number of rotatable bonds is 11. The highest BCUT2D eigenvalue weighted by Crippen LogP contribution is 2.27. The van der Waals surface area contributed by atoms with Crippen LogP contribution in [0.2, 0.25) is 0 Å². The summed E-state index contributed by atoms with van der Waals surface area (Å²) >= 11 is 0. The molecule has 4 N–H and O–H groups in total. The Hall–Kier alpha value is -4.02. The summed E-state index contributed by atoms with van der Waals surface area (Å²) in [5, 5.41) is 16.2. The average Bonchev–Trinajstić information content (AvgIpc) is 2.92. The van der Waals surface area contributed by atoms with E-state index < -0.39 is 21.8 Å². The second kappa shape index (κ2) is 13.9. The second-order valence-corrected chi connectivity index (χ2v) is 11.4. The number of anilines is 1. The van der Waals surface area contributed by atoms with E-state index in [2.05, 4.69) is 12.2 Å². The topological polar surface area (TPSA) is 143 Å². The highest BCUT2D eigenvalue weighted by Gasteiger charge is 2.23. The fourth-order valence-corrected chi connectivity index (χ4v) is 4.87. The summed E-state index contributed by atoms with van der Waals surface area (Å²) in [6.07, 6.45) is 1.83. The Morgan fingerprint density at radius 2 is 1.73 bits per heavy atom. The van der Waals surface area contributed by atoms with Gasteiger partial charge >= 0.3 is 11.8 Å². The van der Waals surface area contributed by atoms with Crippen LogP contribution in [-0.2, 0) is 30.9 Å². The van der Waals surface area contributed by atoms with E-state index in [1.54, 1.807) is 60.7 Å². The van der Waals surface area contributed by atoms with Gasteiger partial charge < -0.3 is 15.0 Å². The van der Waals surface area contributed by atoms with Crippen LogP contribution < -0.4 is 10.5 Å². The number of benzene rings is 3. The zero-order valence-corrected chi connectivity index (χ0v) is 23.8. The maximum atomic E-state index is 13.2. The minimum absolute atomic E-state index is 0.00183. The molecule has 0 radical (unpaired) electrons. The second-order valence-electron chi connectivity index (χ2n) is 9.88. The molecule has 40 heavy (non-hydrogen) atoms. The van der Waals surface area contributed by atoms with Crippen LogP contribution in [0.3, 0.4) is 0 Å². The van der Waals surface area contributed by atoms with Gasteiger partial charge in [-0.05, 0) is 53.8 Å². The van der Waals surface area contributed by atoms with Gasteiger partial charge in [0.2, 0.25) is 15.9 Å². The van der Waals surface area contributed by atoms with Crippen molar-refractivity contribution in [3.63, 3.8) is 0 Å². The fourth-order valence-electron chi connectivity index (χ4n) is 4.11. The molecule has 0 aliphatic rings. The van der Waals surface area contributed by atoms with Crippen molar-refractivity contribution in [1.82, 2.24) is 4.90 Å². The summed E-state index contributed by atoms with van der Waals surface area (Å²) in [6.45, 7) is 7.01. The van der Waals surface area contributed by atoms with E-state index in [1.807, 2.05) is 19.9 Å². The van der Waals surface area contributed by atoms with Crippen LogP contribution in [0.15, 0.2) is 77.7 Å². The van der Waals surface area contributed by atoms with E-state index in [4.69, 9.17) is 15.3 Å². The van der Waals surface area contributed by atoms with E-state index in [9.17, 15) is 18.0 Å². The minimum atomic E-state index is -3.92. The number of nitrogens with zero attached hydrogens (tertiary/aromatic N) is 1. The van der Waals surface area contributed by atoms with Gasteiger partial charge in [-0.25, -0.2) is 13.6 Å². The van der Waals surface area contributed by atoms with Gasteiger partial charge in [0.15, 0.2) is 0 Å². The van der Waals surface area contributed by atoms with Crippen LogP contribution in [0.4, 0.5) is 5.69 Å². The van der Waals surface area contributed by atoms with Gasteiger partial charge in [0.05, 0.1) is 11.5 Å². The number of unbranched alkanes of at least 4 members (excludes halogenated alkanes) is 1. The van der Waals surface area contributed by atoms with Gasteiger partial charge in [-0.1, -0.05) is 69.7 Å². The number of nitrogens with two attached hydrogens (primary N) is 1. The predicted molar refractivity (Wildman–Crippen MR) is 156 cm³/mol. The number of sulfonamides is 1. The molecule has 3 rings (SSSR count). The summed E-state index contributed by atoms with van der Waals surface area (Å²) in [6, 6.07) is 20.1. The SMILES string of the molecule is CCCCOC(=N)c1cccc(CN(CC(C)C)C(=O)C(=O)Nc2ccc(-c3ccccc3S(N)(=O)=O)cc2)c1. The molecular formula is C30H36N4O5S. The van der Waals surface area contributed by atoms with Crippen molar-refractivity contribution in [1.29, 1.82) is 5.41 Å². The zero-order chi connectivity index (χ0) is 29.3. The van der Waals surface area contributed by atoms with Crippen molar-refractivity contribution in [2.75, 3.05) is 18.5 Å². The Balaban J connectivity index is 1.73. The number of ether oxygens (including phenoxy) is 1. The molecule has 0 fully saturated rings. The lowest BCUT2D eigenvalue weighted by molar-refractivity contribution is -0.143. The molecule has 0 bridgehead atoms. The number of carbonyl (C=O) groups excluding carboxylic acids is 2. The number of hydrogen-bond donors (Lipinski definition) is 3. The van der Waals surface area contributed by atoms with E-state index in [0.717, 1.165) is 18.4 Å². The smallest absolute Gasteiger partial charge is 0.313 e. The normalized spacial score (nSPS) is 11.2. The molecule has 212 valence electrons. The van der Waals surface area contributed by atoms with E-state index in [0.29, 0.717) is 35.5 Å². The highest BCUT2D eigenvalue weighted by molar-refractivity contribution is 7.89. The molecule has 0 atom stereocenters. The molecule has 0 aromatic heterocycles. The van der Waals surface area contributed by atoms with Gasteiger partial charge in [0, 0.05) is 29.9 Å². The molecule has 3 aromatic carbocycles.